The minimum absolute atomic E-state index is 0.126. The van der Waals surface area contributed by atoms with Gasteiger partial charge in [-0.25, -0.2) is 14.6 Å². The predicted octanol–water partition coefficient (Wildman–Crippen LogP) is 1.27. The Labute approximate surface area is 213 Å². The Hall–Kier alpha value is -3.31. The van der Waals surface area contributed by atoms with Crippen LogP contribution in [-0.4, -0.2) is 100 Å². The summed E-state index contributed by atoms with van der Waals surface area (Å²) in [7, 11) is 0. The molecule has 0 bridgehead atoms. The van der Waals surface area contributed by atoms with Gasteiger partial charge in [0.15, 0.2) is 0 Å². The fraction of sp³-hybridized carbons (Fsp3) is 0.708. The maximum Gasteiger partial charge on any atom is 0.410 e. The lowest BCUT2D eigenvalue weighted by Crippen LogP contribution is -2.52. The molecule has 5 amide bonds. The molecule has 0 saturated carbocycles. The molecule has 12 heteroatoms. The van der Waals surface area contributed by atoms with Crippen LogP contribution < -0.4 is 11.1 Å². The van der Waals surface area contributed by atoms with E-state index in [4.69, 9.17) is 10.5 Å². The Kier molecular flexibility index (Phi) is 11.5. The quantitative estimate of drug-likeness (QED) is 0.420. The first-order valence-corrected chi connectivity index (χ1v) is 12.5. The number of hydrogen-bond acceptors (Lipinski definition) is 6. The van der Waals surface area contributed by atoms with Crippen molar-refractivity contribution in [3.63, 3.8) is 0 Å². The topological polar surface area (TPSA) is 143 Å². The molecular weight excluding hydrogens is 466 g/mol. The molecule has 3 heterocycles. The fourth-order valence-electron chi connectivity index (χ4n) is 4.04. The van der Waals surface area contributed by atoms with E-state index in [0.29, 0.717) is 58.0 Å². The van der Waals surface area contributed by atoms with Crippen molar-refractivity contribution in [3.05, 3.63) is 18.7 Å². The number of likely N-dealkylation sites (tertiary alicyclic amines) is 1. The summed E-state index contributed by atoms with van der Waals surface area (Å²) in [5, 5.41) is 2.60. The van der Waals surface area contributed by atoms with Gasteiger partial charge >= 0.3 is 12.1 Å². The van der Waals surface area contributed by atoms with Crippen LogP contribution in [0, 0.1) is 5.92 Å². The molecular formula is C24H41N7O5. The Morgan fingerprint density at radius 3 is 2.22 bits per heavy atom. The summed E-state index contributed by atoms with van der Waals surface area (Å²) in [6, 6.07) is -0.386. The zero-order chi connectivity index (χ0) is 26.6. The van der Waals surface area contributed by atoms with Crippen molar-refractivity contribution in [3.8, 4) is 0 Å². The molecule has 36 heavy (non-hydrogen) atoms. The first kappa shape index (κ1) is 28.9. The summed E-state index contributed by atoms with van der Waals surface area (Å²) >= 11 is 0. The van der Waals surface area contributed by atoms with Gasteiger partial charge in [-0.1, -0.05) is 0 Å². The number of carbonyl (C=O) groups is 4. The van der Waals surface area contributed by atoms with E-state index in [0.717, 1.165) is 32.4 Å². The van der Waals surface area contributed by atoms with E-state index >= 15 is 0 Å². The van der Waals surface area contributed by atoms with Gasteiger partial charge in [0.05, 0.1) is 6.33 Å². The Morgan fingerprint density at radius 2 is 1.69 bits per heavy atom. The van der Waals surface area contributed by atoms with Crippen LogP contribution >= 0.6 is 0 Å². The molecule has 1 aromatic rings. The summed E-state index contributed by atoms with van der Waals surface area (Å²) in [4.78, 5) is 54.5. The number of nitrogens with one attached hydrogen (secondary N) is 1. The second-order valence-electron chi connectivity index (χ2n) is 10.0. The van der Waals surface area contributed by atoms with E-state index in [1.807, 2.05) is 36.4 Å². The molecule has 202 valence electrons. The lowest BCUT2D eigenvalue weighted by atomic mass is 9.93. The van der Waals surface area contributed by atoms with Gasteiger partial charge in [-0.05, 0) is 46.0 Å². The van der Waals surface area contributed by atoms with E-state index in [9.17, 15) is 19.2 Å². The average molecular weight is 508 g/mol. The maximum absolute atomic E-state index is 12.5. The molecule has 0 unspecified atom stereocenters. The van der Waals surface area contributed by atoms with Crippen molar-refractivity contribution >= 4 is 24.4 Å². The molecule has 0 aliphatic carbocycles. The highest BCUT2D eigenvalue weighted by Crippen LogP contribution is 2.22. The Bertz CT molecular complexity index is 824. The van der Waals surface area contributed by atoms with Crippen molar-refractivity contribution in [2.24, 2.45) is 11.7 Å². The van der Waals surface area contributed by atoms with Gasteiger partial charge in [-0.15, -0.1) is 0 Å². The zero-order valence-electron chi connectivity index (χ0n) is 21.7. The number of hydrogen-bond donors (Lipinski definition) is 2. The molecule has 0 radical (unpaired) electrons. The standard InChI is InChI=1S/C17H30N4O4.C7H11N3O/c1-17(2,3)25-16(24)21-10-8-19(9-11-21)14(22)12-13-4-6-20(7-5-13)15(18)23;11-7-9-2-1-4-10-5-3-8-6-10/h13H,4-12H2,1-3H3,(H2,18,23);3,5-7H,1-2,4H2,(H,9,11). The second kappa shape index (κ2) is 14.3. The number of piperazine rings is 1. The van der Waals surface area contributed by atoms with E-state index in [1.165, 1.54) is 0 Å². The van der Waals surface area contributed by atoms with Gasteiger partial charge in [0.25, 0.3) is 0 Å². The fourth-order valence-corrected chi connectivity index (χ4v) is 4.04. The summed E-state index contributed by atoms with van der Waals surface area (Å²) in [6.45, 7) is 10.5. The van der Waals surface area contributed by atoms with Crippen molar-refractivity contribution in [2.75, 3.05) is 45.8 Å². The highest BCUT2D eigenvalue weighted by atomic mass is 16.6. The van der Waals surface area contributed by atoms with Crippen LogP contribution in [0.15, 0.2) is 18.7 Å². The Balaban J connectivity index is 0.000000346. The number of nitrogens with zero attached hydrogens (tertiary/aromatic N) is 5. The normalized spacial score (nSPS) is 16.6. The van der Waals surface area contributed by atoms with Gasteiger partial charge in [-0.3, -0.25) is 9.59 Å². The zero-order valence-corrected chi connectivity index (χ0v) is 21.7. The number of nitrogens with two attached hydrogens (primary N) is 1. The summed E-state index contributed by atoms with van der Waals surface area (Å²) in [6.07, 6.45) is 8.87. The summed E-state index contributed by atoms with van der Waals surface area (Å²) in [5.41, 5.74) is 4.77. The van der Waals surface area contributed by atoms with E-state index < -0.39 is 5.60 Å². The number of rotatable bonds is 7. The van der Waals surface area contributed by atoms with E-state index in [2.05, 4.69) is 10.3 Å². The molecule has 2 aliphatic rings. The minimum Gasteiger partial charge on any atom is -0.444 e. The van der Waals surface area contributed by atoms with Crippen molar-refractivity contribution in [1.29, 1.82) is 0 Å². The lowest BCUT2D eigenvalue weighted by Gasteiger charge is -2.37. The monoisotopic (exact) mass is 507 g/mol. The number of aryl methyl sites for hydroxylation is 1. The van der Waals surface area contributed by atoms with Crippen LogP contribution in [0.5, 0.6) is 0 Å². The first-order chi connectivity index (χ1) is 17.1. The second-order valence-corrected chi connectivity index (χ2v) is 10.0. The van der Waals surface area contributed by atoms with Gasteiger partial charge in [0, 0.05) is 71.2 Å². The van der Waals surface area contributed by atoms with Crippen LogP contribution in [-0.2, 0) is 20.9 Å². The van der Waals surface area contributed by atoms with Crippen LogP contribution in [0.1, 0.15) is 46.5 Å². The summed E-state index contributed by atoms with van der Waals surface area (Å²) < 4.78 is 7.34. The molecule has 3 N–H and O–H groups in total. The third-order valence-corrected chi connectivity index (χ3v) is 6.05. The number of imidazole rings is 1. The van der Waals surface area contributed by atoms with Crippen molar-refractivity contribution in [1.82, 2.24) is 29.6 Å². The molecule has 2 aliphatic heterocycles. The smallest absolute Gasteiger partial charge is 0.410 e. The Morgan fingerprint density at radius 1 is 1.06 bits per heavy atom. The van der Waals surface area contributed by atoms with Crippen LogP contribution in [0.3, 0.4) is 0 Å². The van der Waals surface area contributed by atoms with Crippen LogP contribution in [0.4, 0.5) is 9.59 Å². The van der Waals surface area contributed by atoms with Crippen molar-refractivity contribution < 1.29 is 23.9 Å². The minimum atomic E-state index is -0.510. The number of aromatic nitrogens is 2. The molecule has 12 nitrogen and oxygen atoms in total. The van der Waals surface area contributed by atoms with Crippen molar-refractivity contribution in [2.45, 2.75) is 58.6 Å². The molecule has 0 spiro atoms. The number of piperidine rings is 1. The number of amides is 5. The highest BCUT2D eigenvalue weighted by molar-refractivity contribution is 5.77. The number of primary amides is 1. The van der Waals surface area contributed by atoms with Gasteiger partial charge in [0.2, 0.25) is 12.3 Å². The average Bonchev–Trinajstić information content (AvgIpc) is 3.35. The van der Waals surface area contributed by atoms with E-state index in [1.54, 1.807) is 22.3 Å². The number of ether oxygens (including phenoxy) is 1. The van der Waals surface area contributed by atoms with Gasteiger partial charge in [-0.2, -0.15) is 0 Å². The molecule has 0 atom stereocenters. The highest BCUT2D eigenvalue weighted by Gasteiger charge is 2.29. The third-order valence-electron chi connectivity index (χ3n) is 6.05. The third kappa shape index (κ3) is 10.5. The summed E-state index contributed by atoms with van der Waals surface area (Å²) in [5.74, 6) is 0.424. The first-order valence-electron chi connectivity index (χ1n) is 12.5. The maximum atomic E-state index is 12.5. The largest absolute Gasteiger partial charge is 0.444 e. The van der Waals surface area contributed by atoms with E-state index in [-0.39, 0.29) is 18.0 Å². The molecule has 3 rings (SSSR count). The van der Waals surface area contributed by atoms with Crippen LogP contribution in [0.2, 0.25) is 0 Å². The molecule has 2 saturated heterocycles. The predicted molar refractivity (Wildman–Crippen MR) is 134 cm³/mol. The van der Waals surface area contributed by atoms with Gasteiger partial charge in [0.1, 0.15) is 5.60 Å². The lowest BCUT2D eigenvalue weighted by molar-refractivity contribution is -0.134. The van der Waals surface area contributed by atoms with Crippen LogP contribution in [0.25, 0.3) is 0 Å². The number of carbonyl (C=O) groups excluding carboxylic acids is 4. The molecule has 0 aromatic carbocycles. The number of urea groups is 1. The molecule has 2 fully saturated rings. The molecule has 1 aromatic heterocycles. The SMILES string of the molecule is CC(C)(C)OC(=O)N1CCN(C(=O)CC2CCN(C(N)=O)CC2)CC1.O=CNCCCn1ccnc1. The van der Waals surface area contributed by atoms with Gasteiger partial charge < -0.3 is 35.1 Å².